The number of rotatable bonds is 4. The van der Waals surface area contributed by atoms with Crippen LogP contribution in [0.5, 0.6) is 0 Å². The van der Waals surface area contributed by atoms with Crippen LogP contribution in [0.15, 0.2) is 29.6 Å². The second kappa shape index (κ2) is 4.64. The third-order valence-electron chi connectivity index (χ3n) is 2.42. The van der Waals surface area contributed by atoms with Gasteiger partial charge in [-0.3, -0.25) is 0 Å². The summed E-state index contributed by atoms with van der Waals surface area (Å²) in [5.41, 5.74) is 2.47. The Labute approximate surface area is 94.3 Å². The Balaban J connectivity index is 1.90. The van der Waals surface area contributed by atoms with Gasteiger partial charge in [0.2, 0.25) is 0 Å². The molecule has 1 N–H and O–H groups in total. The maximum absolute atomic E-state index is 4.47. The number of nitrogens with zero attached hydrogens (tertiary/aromatic N) is 1. The summed E-state index contributed by atoms with van der Waals surface area (Å²) in [6.07, 6.45) is 0. The summed E-state index contributed by atoms with van der Waals surface area (Å²) >= 11 is 1.70. The highest BCUT2D eigenvalue weighted by Crippen LogP contribution is 2.16. The molecular weight excluding hydrogens is 204 g/mol. The second-order valence-electron chi connectivity index (χ2n) is 3.69. The summed E-state index contributed by atoms with van der Waals surface area (Å²) in [6, 6.07) is 8.71. The van der Waals surface area contributed by atoms with E-state index < -0.39 is 0 Å². The van der Waals surface area contributed by atoms with Crippen LogP contribution in [0, 0.1) is 6.92 Å². The van der Waals surface area contributed by atoms with Crippen molar-refractivity contribution in [2.24, 2.45) is 0 Å². The number of thiazole rings is 1. The minimum atomic E-state index is 0.324. The Hall–Kier alpha value is -1.06. The number of hydrogen-bond acceptors (Lipinski definition) is 3. The van der Waals surface area contributed by atoms with E-state index in [1.165, 1.54) is 5.56 Å². The van der Waals surface area contributed by atoms with Gasteiger partial charge in [0.25, 0.3) is 0 Å². The van der Waals surface area contributed by atoms with E-state index in [0.29, 0.717) is 6.04 Å². The van der Waals surface area contributed by atoms with Gasteiger partial charge >= 0.3 is 0 Å². The summed E-state index contributed by atoms with van der Waals surface area (Å²) in [5, 5.41) is 6.71. The SMILES string of the molecule is Cc1nc(C(C)NCc2cc[cH-]c2)cs1. The molecule has 0 aliphatic heterocycles. The molecule has 0 radical (unpaired) electrons. The van der Waals surface area contributed by atoms with Gasteiger partial charge in [-0.05, 0) is 20.4 Å². The zero-order chi connectivity index (χ0) is 10.7. The van der Waals surface area contributed by atoms with Gasteiger partial charge in [0.1, 0.15) is 0 Å². The normalized spacial score (nSPS) is 12.9. The summed E-state index contributed by atoms with van der Waals surface area (Å²) in [7, 11) is 0. The maximum atomic E-state index is 4.47. The monoisotopic (exact) mass is 219 g/mol. The first-order chi connectivity index (χ1) is 7.25. The molecule has 0 saturated heterocycles. The molecule has 2 aromatic rings. The first-order valence-electron chi connectivity index (χ1n) is 5.11. The zero-order valence-corrected chi connectivity index (χ0v) is 9.84. The molecule has 1 aromatic heterocycles. The highest BCUT2D eigenvalue weighted by Gasteiger charge is 2.06. The van der Waals surface area contributed by atoms with Crippen LogP contribution in [0.25, 0.3) is 0 Å². The minimum Gasteiger partial charge on any atom is -0.317 e. The van der Waals surface area contributed by atoms with Crippen LogP contribution in [0.4, 0.5) is 0 Å². The van der Waals surface area contributed by atoms with Crippen molar-refractivity contribution in [3.63, 3.8) is 0 Å². The van der Waals surface area contributed by atoms with Crippen LogP contribution in [0.1, 0.15) is 29.2 Å². The van der Waals surface area contributed by atoms with E-state index in [2.05, 4.69) is 46.9 Å². The summed E-state index contributed by atoms with van der Waals surface area (Å²) in [4.78, 5) is 4.47. The van der Waals surface area contributed by atoms with Gasteiger partial charge in [0.05, 0.1) is 10.7 Å². The number of aromatic nitrogens is 1. The molecule has 2 nitrogen and oxygen atoms in total. The largest absolute Gasteiger partial charge is 0.317 e. The van der Waals surface area contributed by atoms with Crippen molar-refractivity contribution in [2.45, 2.75) is 26.4 Å². The molecule has 0 fully saturated rings. The van der Waals surface area contributed by atoms with E-state index in [1.807, 2.05) is 6.92 Å². The van der Waals surface area contributed by atoms with Crippen molar-refractivity contribution < 1.29 is 0 Å². The predicted octanol–water partition coefficient (Wildman–Crippen LogP) is 3.02. The Kier molecular flexibility index (Phi) is 3.23. The molecular formula is C12H15N2S-. The van der Waals surface area contributed by atoms with Crippen molar-refractivity contribution in [3.8, 4) is 0 Å². The Morgan fingerprint density at radius 3 is 3.07 bits per heavy atom. The molecule has 0 bridgehead atoms. The predicted molar refractivity (Wildman–Crippen MR) is 64.1 cm³/mol. The molecule has 1 atom stereocenters. The lowest BCUT2D eigenvalue weighted by molar-refractivity contribution is 0.564. The van der Waals surface area contributed by atoms with E-state index in [1.54, 1.807) is 11.3 Å². The quantitative estimate of drug-likeness (QED) is 0.800. The topological polar surface area (TPSA) is 24.9 Å². The van der Waals surface area contributed by atoms with Crippen LogP contribution in [0.2, 0.25) is 0 Å². The first kappa shape index (κ1) is 10.5. The van der Waals surface area contributed by atoms with E-state index in [-0.39, 0.29) is 0 Å². The Bertz CT molecular complexity index is 403. The smallest absolute Gasteiger partial charge is 0.0898 e. The molecule has 2 rings (SSSR count). The number of nitrogens with one attached hydrogen (secondary N) is 1. The molecule has 3 heteroatoms. The van der Waals surface area contributed by atoms with Crippen molar-refractivity contribution in [3.05, 3.63) is 45.9 Å². The van der Waals surface area contributed by atoms with Crippen molar-refractivity contribution in [2.75, 3.05) is 0 Å². The van der Waals surface area contributed by atoms with Gasteiger partial charge < -0.3 is 5.32 Å². The average Bonchev–Trinajstić information content (AvgIpc) is 2.84. The fraction of sp³-hybridized carbons (Fsp3) is 0.333. The Morgan fingerprint density at radius 1 is 1.60 bits per heavy atom. The van der Waals surface area contributed by atoms with E-state index in [9.17, 15) is 0 Å². The van der Waals surface area contributed by atoms with E-state index in [0.717, 1.165) is 17.2 Å². The third-order valence-corrected chi connectivity index (χ3v) is 3.22. The minimum absolute atomic E-state index is 0.324. The molecule has 1 unspecified atom stereocenters. The highest BCUT2D eigenvalue weighted by molar-refractivity contribution is 7.09. The fourth-order valence-electron chi connectivity index (χ4n) is 1.49. The van der Waals surface area contributed by atoms with Gasteiger partial charge in [0, 0.05) is 11.4 Å². The average molecular weight is 219 g/mol. The van der Waals surface area contributed by atoms with Crippen LogP contribution < -0.4 is 5.32 Å². The second-order valence-corrected chi connectivity index (χ2v) is 4.75. The maximum Gasteiger partial charge on any atom is 0.0898 e. The summed E-state index contributed by atoms with van der Waals surface area (Å²) in [6.45, 7) is 5.10. The van der Waals surface area contributed by atoms with Crippen LogP contribution in [-0.4, -0.2) is 4.98 Å². The van der Waals surface area contributed by atoms with Gasteiger partial charge in [-0.25, -0.2) is 11.1 Å². The van der Waals surface area contributed by atoms with Crippen molar-refractivity contribution in [1.29, 1.82) is 0 Å². The van der Waals surface area contributed by atoms with Crippen molar-refractivity contribution >= 4 is 11.3 Å². The number of aryl methyl sites for hydroxylation is 1. The van der Waals surface area contributed by atoms with Gasteiger partial charge in [-0.15, -0.1) is 11.3 Å². The Morgan fingerprint density at radius 2 is 2.47 bits per heavy atom. The molecule has 0 amide bonds. The lowest BCUT2D eigenvalue weighted by Gasteiger charge is -2.13. The standard InChI is InChI=1S/C12H15N2S/c1-9(12-8-15-10(2)14-12)13-7-11-5-3-4-6-11/h3-6,8-9,13H,7H2,1-2H3/q-1. The van der Waals surface area contributed by atoms with Gasteiger partial charge in [0.15, 0.2) is 0 Å². The van der Waals surface area contributed by atoms with E-state index >= 15 is 0 Å². The van der Waals surface area contributed by atoms with Crippen LogP contribution in [-0.2, 0) is 6.54 Å². The molecule has 0 saturated carbocycles. The molecule has 15 heavy (non-hydrogen) atoms. The van der Waals surface area contributed by atoms with Crippen molar-refractivity contribution in [1.82, 2.24) is 10.3 Å². The lowest BCUT2D eigenvalue weighted by atomic mass is 10.2. The summed E-state index contributed by atoms with van der Waals surface area (Å²) in [5.74, 6) is 0. The lowest BCUT2D eigenvalue weighted by Crippen LogP contribution is -2.17. The molecule has 1 heterocycles. The summed E-state index contributed by atoms with van der Waals surface area (Å²) < 4.78 is 0. The van der Waals surface area contributed by atoms with Gasteiger partial charge in [-0.1, -0.05) is 0 Å². The fourth-order valence-corrected chi connectivity index (χ4v) is 2.19. The van der Waals surface area contributed by atoms with Crippen LogP contribution >= 0.6 is 11.3 Å². The molecule has 1 aromatic carbocycles. The first-order valence-corrected chi connectivity index (χ1v) is 5.99. The van der Waals surface area contributed by atoms with Crippen LogP contribution in [0.3, 0.4) is 0 Å². The highest BCUT2D eigenvalue weighted by atomic mass is 32.1. The molecule has 0 aliphatic rings. The third kappa shape index (κ3) is 2.70. The molecule has 0 aliphatic carbocycles. The van der Waals surface area contributed by atoms with Gasteiger partial charge in [-0.2, -0.15) is 23.8 Å². The van der Waals surface area contributed by atoms with E-state index in [4.69, 9.17) is 0 Å². The molecule has 80 valence electrons. The molecule has 0 spiro atoms. The zero-order valence-electron chi connectivity index (χ0n) is 9.03. The number of hydrogen-bond donors (Lipinski definition) is 1.